The topological polar surface area (TPSA) is 58.4 Å². The Kier molecular flexibility index (Phi) is 5.05. The molecule has 0 saturated carbocycles. The Morgan fingerprint density at radius 3 is 2.53 bits per heavy atom. The van der Waals surface area contributed by atoms with Crippen LogP contribution in [0.1, 0.15) is 33.1 Å². The van der Waals surface area contributed by atoms with Crippen LogP contribution >= 0.6 is 0 Å². The fourth-order valence-electron chi connectivity index (χ4n) is 1.89. The number of amides is 1. The third kappa shape index (κ3) is 3.80. The molecule has 0 aromatic carbocycles. The Hall–Kier alpha value is -0.610. The van der Waals surface area contributed by atoms with E-state index in [2.05, 4.69) is 17.1 Å². The van der Waals surface area contributed by atoms with Crippen molar-refractivity contribution in [1.29, 1.82) is 0 Å². The first-order valence-electron chi connectivity index (χ1n) is 5.95. The molecule has 1 saturated heterocycles. The van der Waals surface area contributed by atoms with Crippen LogP contribution in [0.15, 0.2) is 0 Å². The van der Waals surface area contributed by atoms with Gasteiger partial charge in [-0.05, 0) is 25.8 Å². The normalized spacial score (nSPS) is 21.3. The number of nitrogens with one attached hydrogen (secondary N) is 1. The van der Waals surface area contributed by atoms with Crippen molar-refractivity contribution in [3.63, 3.8) is 0 Å². The number of carbonyl (C=O) groups is 1. The zero-order valence-electron chi connectivity index (χ0n) is 9.83. The molecule has 1 amide bonds. The summed E-state index contributed by atoms with van der Waals surface area (Å²) in [5, 5.41) is 3.02. The maximum atomic E-state index is 11.5. The number of nitrogens with zero attached hydrogens (tertiary/aromatic N) is 1. The van der Waals surface area contributed by atoms with E-state index in [0.29, 0.717) is 12.5 Å². The molecule has 1 atom stereocenters. The molecular formula is C11H23N3O. The second kappa shape index (κ2) is 6.08. The Balaban J connectivity index is 2.26. The van der Waals surface area contributed by atoms with Gasteiger partial charge in [0.25, 0.3) is 0 Å². The van der Waals surface area contributed by atoms with Crippen molar-refractivity contribution in [1.82, 2.24) is 10.2 Å². The highest BCUT2D eigenvalue weighted by Gasteiger charge is 2.21. The van der Waals surface area contributed by atoms with E-state index >= 15 is 0 Å². The van der Waals surface area contributed by atoms with E-state index in [9.17, 15) is 4.79 Å². The van der Waals surface area contributed by atoms with Crippen LogP contribution in [-0.4, -0.2) is 42.5 Å². The molecule has 1 fully saturated rings. The number of hydrogen-bond acceptors (Lipinski definition) is 3. The van der Waals surface area contributed by atoms with E-state index in [4.69, 9.17) is 5.73 Å². The summed E-state index contributed by atoms with van der Waals surface area (Å²) in [7, 11) is 0. The smallest absolute Gasteiger partial charge is 0.237 e. The van der Waals surface area contributed by atoms with Gasteiger partial charge in [-0.15, -0.1) is 0 Å². The minimum Gasteiger partial charge on any atom is -0.352 e. The molecule has 1 heterocycles. The summed E-state index contributed by atoms with van der Waals surface area (Å²) in [5.74, 6) is 0.00690. The largest absolute Gasteiger partial charge is 0.352 e. The summed E-state index contributed by atoms with van der Waals surface area (Å²) >= 11 is 0. The number of piperidine rings is 1. The summed E-state index contributed by atoms with van der Waals surface area (Å²) in [5.41, 5.74) is 5.66. The first-order chi connectivity index (χ1) is 7.17. The predicted octanol–water partition coefficient (Wildman–Crippen LogP) is 0.324. The minimum atomic E-state index is -0.339. The van der Waals surface area contributed by atoms with Gasteiger partial charge in [-0.25, -0.2) is 0 Å². The van der Waals surface area contributed by atoms with Gasteiger partial charge in [0.15, 0.2) is 0 Å². The van der Waals surface area contributed by atoms with E-state index in [-0.39, 0.29) is 11.9 Å². The van der Waals surface area contributed by atoms with Crippen LogP contribution in [0.2, 0.25) is 0 Å². The van der Waals surface area contributed by atoms with Crippen molar-refractivity contribution in [2.75, 3.05) is 19.6 Å². The van der Waals surface area contributed by atoms with E-state index in [1.54, 1.807) is 0 Å². The number of carbonyl (C=O) groups excluding carboxylic acids is 1. The lowest BCUT2D eigenvalue weighted by molar-refractivity contribution is -0.123. The average Bonchev–Trinajstić information content (AvgIpc) is 2.29. The molecule has 1 unspecified atom stereocenters. The van der Waals surface area contributed by atoms with E-state index in [0.717, 1.165) is 32.5 Å². The van der Waals surface area contributed by atoms with Gasteiger partial charge in [0, 0.05) is 19.1 Å². The zero-order valence-corrected chi connectivity index (χ0v) is 9.83. The molecule has 0 bridgehead atoms. The molecule has 1 aliphatic rings. The van der Waals surface area contributed by atoms with Crippen molar-refractivity contribution in [3.05, 3.63) is 0 Å². The molecule has 0 aliphatic carbocycles. The van der Waals surface area contributed by atoms with Crippen molar-refractivity contribution in [2.24, 2.45) is 5.73 Å². The van der Waals surface area contributed by atoms with Gasteiger partial charge < -0.3 is 16.0 Å². The first-order valence-corrected chi connectivity index (χ1v) is 5.95. The lowest BCUT2D eigenvalue weighted by Gasteiger charge is -2.31. The summed E-state index contributed by atoms with van der Waals surface area (Å²) in [6.45, 7) is 7.39. The number of nitrogens with two attached hydrogens (primary N) is 1. The van der Waals surface area contributed by atoms with Crippen LogP contribution in [0.5, 0.6) is 0 Å². The first kappa shape index (κ1) is 12.5. The monoisotopic (exact) mass is 213 g/mol. The van der Waals surface area contributed by atoms with Crippen molar-refractivity contribution in [3.8, 4) is 0 Å². The molecular weight excluding hydrogens is 190 g/mol. The van der Waals surface area contributed by atoms with Crippen LogP contribution in [0, 0.1) is 0 Å². The lowest BCUT2D eigenvalue weighted by atomic mass is 10.0. The molecule has 4 heteroatoms. The highest BCUT2D eigenvalue weighted by Crippen LogP contribution is 2.09. The van der Waals surface area contributed by atoms with Crippen LogP contribution in [-0.2, 0) is 4.79 Å². The summed E-state index contributed by atoms with van der Waals surface area (Å²) < 4.78 is 0. The van der Waals surface area contributed by atoms with E-state index < -0.39 is 0 Å². The fourth-order valence-corrected chi connectivity index (χ4v) is 1.89. The van der Waals surface area contributed by atoms with Crippen molar-refractivity contribution in [2.45, 2.75) is 45.2 Å². The van der Waals surface area contributed by atoms with Gasteiger partial charge >= 0.3 is 0 Å². The zero-order chi connectivity index (χ0) is 11.3. The van der Waals surface area contributed by atoms with Crippen molar-refractivity contribution >= 4 is 5.91 Å². The second-order valence-corrected chi connectivity index (χ2v) is 4.23. The molecule has 0 spiro atoms. The quantitative estimate of drug-likeness (QED) is 0.707. The molecule has 1 aliphatic heterocycles. The maximum Gasteiger partial charge on any atom is 0.237 e. The van der Waals surface area contributed by atoms with Gasteiger partial charge in [0.05, 0.1) is 6.04 Å². The number of rotatable bonds is 4. The molecule has 1 rings (SSSR count). The Bertz CT molecular complexity index is 200. The Morgan fingerprint density at radius 2 is 2.07 bits per heavy atom. The number of likely N-dealkylation sites (tertiary alicyclic amines) is 1. The molecule has 0 radical (unpaired) electrons. The predicted molar refractivity (Wildman–Crippen MR) is 61.5 cm³/mol. The van der Waals surface area contributed by atoms with Crippen LogP contribution < -0.4 is 11.1 Å². The third-order valence-corrected chi connectivity index (χ3v) is 3.16. The van der Waals surface area contributed by atoms with Crippen LogP contribution in [0.3, 0.4) is 0 Å². The van der Waals surface area contributed by atoms with E-state index in [1.165, 1.54) is 0 Å². The molecule has 88 valence electrons. The van der Waals surface area contributed by atoms with Gasteiger partial charge in [0.2, 0.25) is 5.91 Å². The van der Waals surface area contributed by atoms with Crippen LogP contribution in [0.4, 0.5) is 0 Å². The Labute approximate surface area is 92.2 Å². The third-order valence-electron chi connectivity index (χ3n) is 3.16. The average molecular weight is 213 g/mol. The number of hydrogen-bond donors (Lipinski definition) is 2. The standard InChI is InChI=1S/C11H23N3O/c1-3-10(12)11(15)13-9-5-7-14(4-2)8-6-9/h9-10H,3-8,12H2,1-2H3,(H,13,15). The highest BCUT2D eigenvalue weighted by atomic mass is 16.2. The lowest BCUT2D eigenvalue weighted by Crippen LogP contribution is -2.49. The maximum absolute atomic E-state index is 11.5. The summed E-state index contributed by atoms with van der Waals surface area (Å²) in [4.78, 5) is 13.9. The fraction of sp³-hybridized carbons (Fsp3) is 0.909. The SMILES string of the molecule is CCC(N)C(=O)NC1CCN(CC)CC1. The summed E-state index contributed by atoms with van der Waals surface area (Å²) in [6, 6.07) is -0.00731. The van der Waals surface area contributed by atoms with E-state index in [1.807, 2.05) is 6.92 Å². The second-order valence-electron chi connectivity index (χ2n) is 4.23. The molecule has 0 aromatic rings. The van der Waals surface area contributed by atoms with Gasteiger partial charge in [-0.3, -0.25) is 4.79 Å². The van der Waals surface area contributed by atoms with Crippen molar-refractivity contribution < 1.29 is 4.79 Å². The molecule has 0 aromatic heterocycles. The highest BCUT2D eigenvalue weighted by molar-refractivity contribution is 5.81. The minimum absolute atomic E-state index is 0.00690. The van der Waals surface area contributed by atoms with Gasteiger partial charge in [-0.1, -0.05) is 13.8 Å². The van der Waals surface area contributed by atoms with Gasteiger partial charge in [-0.2, -0.15) is 0 Å². The molecule has 4 nitrogen and oxygen atoms in total. The molecule has 15 heavy (non-hydrogen) atoms. The van der Waals surface area contributed by atoms with Crippen LogP contribution in [0.25, 0.3) is 0 Å². The Morgan fingerprint density at radius 1 is 1.47 bits per heavy atom. The molecule has 3 N–H and O–H groups in total. The summed E-state index contributed by atoms with van der Waals surface area (Å²) in [6.07, 6.45) is 2.81. The van der Waals surface area contributed by atoms with Gasteiger partial charge in [0.1, 0.15) is 0 Å².